The van der Waals surface area contributed by atoms with E-state index >= 15 is 0 Å². The van der Waals surface area contributed by atoms with Crippen molar-refractivity contribution in [1.82, 2.24) is 4.90 Å². The molecule has 0 bridgehead atoms. The molecule has 6 heteroatoms. The minimum Gasteiger partial charge on any atom is -0.494 e. The molecule has 0 aliphatic carbocycles. The van der Waals surface area contributed by atoms with Gasteiger partial charge in [-0.2, -0.15) is 0 Å². The molecule has 2 aliphatic rings. The third-order valence-electron chi connectivity index (χ3n) is 5.47. The van der Waals surface area contributed by atoms with Gasteiger partial charge in [-0.3, -0.25) is 4.79 Å². The highest BCUT2D eigenvalue weighted by Gasteiger charge is 2.32. The van der Waals surface area contributed by atoms with Gasteiger partial charge in [0.1, 0.15) is 35.8 Å². The van der Waals surface area contributed by atoms with Crippen LogP contribution in [0.2, 0.25) is 0 Å². The molecular weight excluding hydrogens is 373 g/mol. The first-order valence-electron chi connectivity index (χ1n) is 10.2. The zero-order valence-electron chi connectivity index (χ0n) is 16.6. The highest BCUT2D eigenvalue weighted by atomic mass is 19.1. The summed E-state index contributed by atoms with van der Waals surface area (Å²) in [7, 11) is 0. The fourth-order valence-corrected chi connectivity index (χ4v) is 3.94. The van der Waals surface area contributed by atoms with Gasteiger partial charge in [0.25, 0.3) is 0 Å². The Morgan fingerprint density at radius 1 is 1.14 bits per heavy atom. The summed E-state index contributed by atoms with van der Waals surface area (Å²) in [4.78, 5) is 14.9. The fourth-order valence-electron chi connectivity index (χ4n) is 3.94. The molecule has 2 aromatic carbocycles. The largest absolute Gasteiger partial charge is 0.494 e. The summed E-state index contributed by atoms with van der Waals surface area (Å²) in [6.45, 7) is 4.29. The Morgan fingerprint density at radius 3 is 2.59 bits per heavy atom. The van der Waals surface area contributed by atoms with Crippen LogP contribution in [0, 0.1) is 11.7 Å². The second-order valence-electron chi connectivity index (χ2n) is 7.51. The topological polar surface area (TPSA) is 48.0 Å². The maximum Gasteiger partial charge on any atom is 0.229 e. The van der Waals surface area contributed by atoms with Crippen molar-refractivity contribution in [1.29, 1.82) is 0 Å². The number of hydrogen-bond acceptors (Lipinski definition) is 4. The number of fused-ring (bicyclic) bond motifs is 1. The molecule has 4 rings (SSSR count). The molecule has 29 heavy (non-hydrogen) atoms. The van der Waals surface area contributed by atoms with E-state index in [4.69, 9.17) is 14.2 Å². The van der Waals surface area contributed by atoms with Crippen LogP contribution in [-0.2, 0) is 11.2 Å². The van der Waals surface area contributed by atoms with Gasteiger partial charge in [0.15, 0.2) is 0 Å². The van der Waals surface area contributed by atoms with Crippen molar-refractivity contribution in [3.63, 3.8) is 0 Å². The molecule has 1 amide bonds. The van der Waals surface area contributed by atoms with Gasteiger partial charge < -0.3 is 19.1 Å². The Balaban J connectivity index is 1.31. The van der Waals surface area contributed by atoms with E-state index in [1.807, 2.05) is 30.0 Å². The Hall–Kier alpha value is -2.76. The van der Waals surface area contributed by atoms with Crippen LogP contribution >= 0.6 is 0 Å². The highest BCUT2D eigenvalue weighted by molar-refractivity contribution is 5.80. The summed E-state index contributed by atoms with van der Waals surface area (Å²) in [6, 6.07) is 11.9. The SMILES string of the molecule is CCOc1ccc2c(c1)CC(C(=O)N1CCC(Oc3ccc(F)cc3)CC1)CO2. The fraction of sp³-hybridized carbons (Fsp3) is 0.435. The van der Waals surface area contributed by atoms with Crippen LogP contribution in [0.5, 0.6) is 17.2 Å². The summed E-state index contributed by atoms with van der Waals surface area (Å²) in [5.74, 6) is 2.00. The number of carbonyl (C=O) groups is 1. The molecule has 0 saturated carbocycles. The zero-order valence-corrected chi connectivity index (χ0v) is 16.6. The Labute approximate surface area is 170 Å². The first-order chi connectivity index (χ1) is 14.1. The number of piperidine rings is 1. The van der Waals surface area contributed by atoms with Gasteiger partial charge in [0.05, 0.1) is 12.5 Å². The van der Waals surface area contributed by atoms with Gasteiger partial charge >= 0.3 is 0 Å². The second-order valence-corrected chi connectivity index (χ2v) is 7.51. The molecule has 0 aromatic heterocycles. The predicted octanol–water partition coefficient (Wildman–Crippen LogP) is 3.85. The van der Waals surface area contributed by atoms with Crippen LogP contribution in [0.1, 0.15) is 25.3 Å². The van der Waals surface area contributed by atoms with Gasteiger partial charge in [0, 0.05) is 25.9 Å². The normalized spacial score (nSPS) is 19.2. The molecule has 1 unspecified atom stereocenters. The van der Waals surface area contributed by atoms with Gasteiger partial charge in [-0.05, 0) is 61.4 Å². The van der Waals surface area contributed by atoms with Crippen molar-refractivity contribution in [2.45, 2.75) is 32.3 Å². The smallest absolute Gasteiger partial charge is 0.229 e. The monoisotopic (exact) mass is 399 g/mol. The summed E-state index contributed by atoms with van der Waals surface area (Å²) in [6.07, 6.45) is 2.24. The Bertz CT molecular complexity index is 846. The van der Waals surface area contributed by atoms with E-state index in [-0.39, 0.29) is 23.7 Å². The van der Waals surface area contributed by atoms with Crippen LogP contribution in [0.4, 0.5) is 4.39 Å². The van der Waals surface area contributed by atoms with E-state index in [0.717, 1.165) is 29.9 Å². The molecule has 1 atom stereocenters. The van der Waals surface area contributed by atoms with Crippen LogP contribution in [0.15, 0.2) is 42.5 Å². The number of amides is 1. The van der Waals surface area contributed by atoms with E-state index in [1.165, 1.54) is 12.1 Å². The van der Waals surface area contributed by atoms with E-state index < -0.39 is 0 Å². The average molecular weight is 399 g/mol. The molecule has 1 fully saturated rings. The predicted molar refractivity (Wildman–Crippen MR) is 107 cm³/mol. The molecule has 1 saturated heterocycles. The number of ether oxygens (including phenoxy) is 3. The highest BCUT2D eigenvalue weighted by Crippen LogP contribution is 2.32. The molecule has 2 aromatic rings. The summed E-state index contributed by atoms with van der Waals surface area (Å²) >= 11 is 0. The molecule has 0 N–H and O–H groups in total. The molecular formula is C23H26FNO4. The number of nitrogens with zero attached hydrogens (tertiary/aromatic N) is 1. The van der Waals surface area contributed by atoms with E-state index in [1.54, 1.807) is 12.1 Å². The Morgan fingerprint density at radius 2 is 1.86 bits per heavy atom. The van der Waals surface area contributed by atoms with Gasteiger partial charge in [0.2, 0.25) is 5.91 Å². The van der Waals surface area contributed by atoms with Crippen molar-refractivity contribution < 1.29 is 23.4 Å². The van der Waals surface area contributed by atoms with Crippen LogP contribution < -0.4 is 14.2 Å². The third-order valence-corrected chi connectivity index (χ3v) is 5.47. The first-order valence-corrected chi connectivity index (χ1v) is 10.2. The van der Waals surface area contributed by atoms with Gasteiger partial charge in [-0.1, -0.05) is 0 Å². The van der Waals surface area contributed by atoms with Crippen molar-refractivity contribution in [3.05, 3.63) is 53.8 Å². The molecule has 0 radical (unpaired) electrons. The number of benzene rings is 2. The first kappa shape index (κ1) is 19.6. The van der Waals surface area contributed by atoms with Gasteiger partial charge in [-0.15, -0.1) is 0 Å². The van der Waals surface area contributed by atoms with Crippen molar-refractivity contribution in [3.8, 4) is 17.2 Å². The lowest BCUT2D eigenvalue weighted by molar-refractivity contribution is -0.138. The maximum absolute atomic E-state index is 13.0. The molecule has 154 valence electrons. The van der Waals surface area contributed by atoms with E-state index in [2.05, 4.69) is 0 Å². The number of rotatable bonds is 5. The summed E-state index contributed by atoms with van der Waals surface area (Å²) < 4.78 is 30.3. The van der Waals surface area contributed by atoms with E-state index in [9.17, 15) is 9.18 Å². The number of carbonyl (C=O) groups excluding carboxylic acids is 1. The standard InChI is InChI=1S/C23H26FNO4/c1-2-27-21-7-8-22-16(14-21)13-17(15-28-22)23(26)25-11-9-20(10-12-25)29-19-5-3-18(24)4-6-19/h3-8,14,17,20H,2,9-13,15H2,1H3. The quantitative estimate of drug-likeness (QED) is 0.766. The van der Waals surface area contributed by atoms with Gasteiger partial charge in [-0.25, -0.2) is 4.39 Å². The third kappa shape index (κ3) is 4.63. The summed E-state index contributed by atoms with van der Waals surface area (Å²) in [5, 5.41) is 0. The molecule has 5 nitrogen and oxygen atoms in total. The van der Waals surface area contributed by atoms with E-state index in [0.29, 0.717) is 38.5 Å². The number of likely N-dealkylation sites (tertiary alicyclic amines) is 1. The van der Waals surface area contributed by atoms with Crippen molar-refractivity contribution >= 4 is 5.91 Å². The second kappa shape index (κ2) is 8.72. The van der Waals surface area contributed by atoms with Crippen molar-refractivity contribution in [2.24, 2.45) is 5.92 Å². The van der Waals surface area contributed by atoms with Crippen molar-refractivity contribution in [2.75, 3.05) is 26.3 Å². The molecule has 2 aliphatic heterocycles. The Kier molecular flexibility index (Phi) is 5.88. The minimum atomic E-state index is -0.276. The number of hydrogen-bond donors (Lipinski definition) is 0. The molecule has 0 spiro atoms. The maximum atomic E-state index is 13.0. The zero-order chi connectivity index (χ0) is 20.2. The lowest BCUT2D eigenvalue weighted by atomic mass is 9.94. The lowest BCUT2D eigenvalue weighted by Gasteiger charge is -2.35. The lowest BCUT2D eigenvalue weighted by Crippen LogP contribution is -2.46. The molecule has 2 heterocycles. The number of halogens is 1. The minimum absolute atomic E-state index is 0.0431. The average Bonchev–Trinajstić information content (AvgIpc) is 2.75. The summed E-state index contributed by atoms with van der Waals surface area (Å²) in [5.41, 5.74) is 1.02. The van der Waals surface area contributed by atoms with Crippen LogP contribution in [-0.4, -0.2) is 43.2 Å². The van der Waals surface area contributed by atoms with Crippen LogP contribution in [0.3, 0.4) is 0 Å². The van der Waals surface area contributed by atoms with Crippen LogP contribution in [0.25, 0.3) is 0 Å².